The molecule has 1 aromatic rings. The van der Waals surface area contributed by atoms with E-state index in [0.717, 1.165) is 0 Å². The summed E-state index contributed by atoms with van der Waals surface area (Å²) in [5, 5.41) is 3.75. The highest BCUT2D eigenvalue weighted by Crippen LogP contribution is 2.26. The predicted octanol–water partition coefficient (Wildman–Crippen LogP) is 1.22. The number of likely N-dealkylation sites (N-methyl/N-ethyl adjacent to an activating group) is 1. The standard InChI is InChI=1S/C15H21N3O5/c1-5-18(8-13-16-12(9-21-4)17-23-13)14(20)11-6-10(19)7-15(2,3)22-11/h6H,5,7-9H2,1-4H3. The maximum Gasteiger partial charge on any atom is 0.289 e. The van der Waals surface area contributed by atoms with E-state index in [1.165, 1.54) is 18.1 Å². The maximum atomic E-state index is 12.6. The zero-order valence-electron chi connectivity index (χ0n) is 13.8. The fraction of sp³-hybridized carbons (Fsp3) is 0.600. The molecule has 8 nitrogen and oxygen atoms in total. The number of methoxy groups -OCH3 is 1. The molecule has 0 fully saturated rings. The Labute approximate surface area is 134 Å². The number of rotatable bonds is 6. The van der Waals surface area contributed by atoms with Gasteiger partial charge in [0, 0.05) is 26.2 Å². The number of carbonyl (C=O) groups is 2. The lowest BCUT2D eigenvalue weighted by atomic mass is 9.98. The van der Waals surface area contributed by atoms with Crippen molar-refractivity contribution in [3.05, 3.63) is 23.6 Å². The van der Waals surface area contributed by atoms with Crippen LogP contribution in [-0.2, 0) is 32.2 Å². The van der Waals surface area contributed by atoms with E-state index in [0.29, 0.717) is 18.3 Å². The lowest BCUT2D eigenvalue weighted by molar-refractivity contribution is -0.138. The van der Waals surface area contributed by atoms with Crippen LogP contribution in [0.4, 0.5) is 0 Å². The molecule has 0 N–H and O–H groups in total. The van der Waals surface area contributed by atoms with Crippen LogP contribution in [0, 0.1) is 0 Å². The minimum atomic E-state index is -0.688. The molecule has 0 unspecified atom stereocenters. The zero-order valence-corrected chi connectivity index (χ0v) is 13.8. The van der Waals surface area contributed by atoms with Crippen LogP contribution in [0.15, 0.2) is 16.4 Å². The Bertz CT molecular complexity index is 620. The van der Waals surface area contributed by atoms with Gasteiger partial charge in [-0.05, 0) is 20.8 Å². The monoisotopic (exact) mass is 323 g/mol. The lowest BCUT2D eigenvalue weighted by Gasteiger charge is -2.31. The van der Waals surface area contributed by atoms with Crippen molar-refractivity contribution in [3.8, 4) is 0 Å². The highest BCUT2D eigenvalue weighted by atomic mass is 16.5. The van der Waals surface area contributed by atoms with E-state index < -0.39 is 5.60 Å². The van der Waals surface area contributed by atoms with Crippen LogP contribution in [0.2, 0.25) is 0 Å². The van der Waals surface area contributed by atoms with E-state index in [-0.39, 0.29) is 37.0 Å². The van der Waals surface area contributed by atoms with E-state index >= 15 is 0 Å². The first-order valence-corrected chi connectivity index (χ1v) is 7.38. The fourth-order valence-electron chi connectivity index (χ4n) is 2.27. The number of hydrogen-bond acceptors (Lipinski definition) is 7. The molecule has 1 aliphatic heterocycles. The molecule has 1 amide bonds. The first-order chi connectivity index (χ1) is 10.8. The third-order valence-electron chi connectivity index (χ3n) is 3.27. The molecule has 8 heteroatoms. The largest absolute Gasteiger partial charge is 0.481 e. The van der Waals surface area contributed by atoms with Crippen molar-refractivity contribution in [1.29, 1.82) is 0 Å². The Kier molecular flexibility index (Phi) is 5.15. The molecule has 0 spiro atoms. The molecule has 126 valence electrons. The summed E-state index contributed by atoms with van der Waals surface area (Å²) in [6, 6.07) is 0. The van der Waals surface area contributed by atoms with Gasteiger partial charge in [-0.1, -0.05) is 5.16 Å². The van der Waals surface area contributed by atoms with Crippen LogP contribution in [0.3, 0.4) is 0 Å². The third kappa shape index (κ3) is 4.38. The topological polar surface area (TPSA) is 94.8 Å². The molecule has 0 saturated carbocycles. The average Bonchev–Trinajstić information content (AvgIpc) is 2.89. The minimum Gasteiger partial charge on any atom is -0.481 e. The Morgan fingerprint density at radius 1 is 1.48 bits per heavy atom. The van der Waals surface area contributed by atoms with Gasteiger partial charge in [-0.2, -0.15) is 4.98 Å². The summed E-state index contributed by atoms with van der Waals surface area (Å²) in [5.41, 5.74) is -0.688. The predicted molar refractivity (Wildman–Crippen MR) is 79.0 cm³/mol. The van der Waals surface area contributed by atoms with Gasteiger partial charge in [-0.15, -0.1) is 0 Å². The zero-order chi connectivity index (χ0) is 17.0. The van der Waals surface area contributed by atoms with Gasteiger partial charge < -0.3 is 18.9 Å². The quantitative estimate of drug-likeness (QED) is 0.776. The third-order valence-corrected chi connectivity index (χ3v) is 3.27. The van der Waals surface area contributed by atoms with E-state index in [9.17, 15) is 9.59 Å². The second kappa shape index (κ2) is 6.91. The molecule has 0 saturated heterocycles. The van der Waals surface area contributed by atoms with Gasteiger partial charge in [0.1, 0.15) is 18.8 Å². The molecule has 0 aliphatic carbocycles. The van der Waals surface area contributed by atoms with E-state index in [1.807, 2.05) is 6.92 Å². The molecule has 0 atom stereocenters. The van der Waals surface area contributed by atoms with Crippen molar-refractivity contribution in [2.75, 3.05) is 13.7 Å². The SMILES string of the molecule is CCN(Cc1nc(COC)no1)C(=O)C1=CC(=O)CC(C)(C)O1. The highest BCUT2D eigenvalue weighted by Gasteiger charge is 2.33. The lowest BCUT2D eigenvalue weighted by Crippen LogP contribution is -2.39. The van der Waals surface area contributed by atoms with Crippen molar-refractivity contribution in [2.24, 2.45) is 0 Å². The number of allylic oxidation sites excluding steroid dienone is 1. The smallest absolute Gasteiger partial charge is 0.289 e. The van der Waals surface area contributed by atoms with Gasteiger partial charge in [0.05, 0.1) is 0 Å². The summed E-state index contributed by atoms with van der Waals surface area (Å²) >= 11 is 0. The fourth-order valence-corrected chi connectivity index (χ4v) is 2.27. The highest BCUT2D eigenvalue weighted by molar-refractivity contribution is 6.01. The summed E-state index contributed by atoms with van der Waals surface area (Å²) in [6.07, 6.45) is 1.50. The Morgan fingerprint density at radius 2 is 2.22 bits per heavy atom. The van der Waals surface area contributed by atoms with Gasteiger partial charge in [-0.25, -0.2) is 0 Å². The summed E-state index contributed by atoms with van der Waals surface area (Å²) in [7, 11) is 1.53. The molecular formula is C15H21N3O5. The number of ether oxygens (including phenoxy) is 2. The molecule has 2 heterocycles. The molecular weight excluding hydrogens is 302 g/mol. The van der Waals surface area contributed by atoms with Crippen molar-refractivity contribution < 1.29 is 23.6 Å². The number of ketones is 1. The first-order valence-electron chi connectivity index (χ1n) is 7.38. The maximum absolute atomic E-state index is 12.6. The van der Waals surface area contributed by atoms with Crippen molar-refractivity contribution in [2.45, 2.75) is 45.9 Å². The molecule has 1 aliphatic rings. The molecule has 0 bridgehead atoms. The number of carbonyl (C=O) groups excluding carboxylic acids is 2. The second-order valence-corrected chi connectivity index (χ2v) is 5.87. The van der Waals surface area contributed by atoms with Crippen LogP contribution in [0.5, 0.6) is 0 Å². The van der Waals surface area contributed by atoms with Crippen molar-refractivity contribution >= 4 is 11.7 Å². The van der Waals surface area contributed by atoms with Gasteiger partial charge in [0.15, 0.2) is 17.4 Å². The van der Waals surface area contributed by atoms with E-state index in [4.69, 9.17) is 14.0 Å². The van der Waals surface area contributed by atoms with Gasteiger partial charge in [-0.3, -0.25) is 9.59 Å². The van der Waals surface area contributed by atoms with Gasteiger partial charge in [0.25, 0.3) is 5.91 Å². The van der Waals surface area contributed by atoms with Gasteiger partial charge >= 0.3 is 0 Å². The van der Waals surface area contributed by atoms with Crippen LogP contribution in [0.25, 0.3) is 0 Å². The van der Waals surface area contributed by atoms with E-state index in [2.05, 4.69) is 10.1 Å². The molecule has 23 heavy (non-hydrogen) atoms. The molecule has 0 aromatic carbocycles. The molecule has 2 rings (SSSR count). The normalized spacial score (nSPS) is 16.7. The van der Waals surface area contributed by atoms with E-state index in [1.54, 1.807) is 13.8 Å². The number of aromatic nitrogens is 2. The number of amides is 1. The molecule has 1 aromatic heterocycles. The van der Waals surface area contributed by atoms with Crippen molar-refractivity contribution in [1.82, 2.24) is 15.0 Å². The summed E-state index contributed by atoms with van der Waals surface area (Å²) in [6.45, 7) is 6.16. The van der Waals surface area contributed by atoms with Crippen LogP contribution < -0.4 is 0 Å². The number of nitrogens with zero attached hydrogens (tertiary/aromatic N) is 3. The van der Waals surface area contributed by atoms with Crippen LogP contribution in [-0.4, -0.2) is 46.0 Å². The van der Waals surface area contributed by atoms with Gasteiger partial charge in [0.2, 0.25) is 5.89 Å². The van der Waals surface area contributed by atoms with Crippen LogP contribution in [0.1, 0.15) is 38.9 Å². The second-order valence-electron chi connectivity index (χ2n) is 5.87. The van der Waals surface area contributed by atoms with Crippen molar-refractivity contribution in [3.63, 3.8) is 0 Å². The first kappa shape index (κ1) is 17.1. The molecule has 0 radical (unpaired) electrons. The Balaban J connectivity index is 2.10. The Hall–Kier alpha value is -2.22. The number of hydrogen-bond donors (Lipinski definition) is 0. The van der Waals surface area contributed by atoms with Crippen LogP contribution >= 0.6 is 0 Å². The summed E-state index contributed by atoms with van der Waals surface area (Å²) in [4.78, 5) is 29.9. The Morgan fingerprint density at radius 3 is 2.83 bits per heavy atom. The summed E-state index contributed by atoms with van der Waals surface area (Å²) in [5.74, 6) is 0.260. The summed E-state index contributed by atoms with van der Waals surface area (Å²) < 4.78 is 15.6. The minimum absolute atomic E-state index is 0.0460. The average molecular weight is 323 g/mol.